The summed E-state index contributed by atoms with van der Waals surface area (Å²) in [5.41, 5.74) is 2.27. The number of carbonyl (C=O) groups is 1. The molecule has 0 bridgehead atoms. The second-order valence-electron chi connectivity index (χ2n) is 6.82. The number of rotatable bonds is 7. The second kappa shape index (κ2) is 9.16. The van der Waals surface area contributed by atoms with E-state index < -0.39 is 6.10 Å². The summed E-state index contributed by atoms with van der Waals surface area (Å²) in [6.07, 6.45) is 0.134. The van der Waals surface area contributed by atoms with E-state index in [4.69, 9.17) is 4.74 Å². The first-order valence-corrected chi connectivity index (χ1v) is 8.80. The van der Waals surface area contributed by atoms with Crippen LogP contribution in [-0.4, -0.2) is 72.4 Å². The van der Waals surface area contributed by atoms with Gasteiger partial charge in [-0.1, -0.05) is 24.3 Å². The molecule has 0 aliphatic carbocycles. The number of amides is 1. The summed E-state index contributed by atoms with van der Waals surface area (Å²) in [6, 6.07) is 8.04. The van der Waals surface area contributed by atoms with Crippen LogP contribution in [0, 0.1) is 6.92 Å². The summed E-state index contributed by atoms with van der Waals surface area (Å²) < 4.78 is 5.44. The molecule has 2 rings (SSSR count). The average Bonchev–Trinajstić information content (AvgIpc) is 2.55. The van der Waals surface area contributed by atoms with Crippen LogP contribution in [0.3, 0.4) is 0 Å². The average molecular weight is 334 g/mol. The first kappa shape index (κ1) is 18.9. The number of piperazine rings is 1. The topological polar surface area (TPSA) is 53.0 Å². The van der Waals surface area contributed by atoms with Crippen LogP contribution in [0.2, 0.25) is 0 Å². The van der Waals surface area contributed by atoms with Gasteiger partial charge in [0.25, 0.3) is 0 Å². The normalized spacial score (nSPS) is 17.3. The lowest BCUT2D eigenvalue weighted by Gasteiger charge is -2.35. The van der Waals surface area contributed by atoms with Crippen molar-refractivity contribution in [3.63, 3.8) is 0 Å². The first-order chi connectivity index (χ1) is 11.5. The molecule has 0 aromatic heterocycles. The molecular weight excluding hydrogens is 304 g/mol. The summed E-state index contributed by atoms with van der Waals surface area (Å²) in [5.74, 6) is 0.188. The SMILES string of the molecule is Cc1ccccc1CC(=O)N1CCN(CC(O)COC(C)C)CC1. The van der Waals surface area contributed by atoms with E-state index in [9.17, 15) is 9.90 Å². The number of aliphatic hydroxyl groups excluding tert-OH is 1. The largest absolute Gasteiger partial charge is 0.389 e. The van der Waals surface area contributed by atoms with Crippen molar-refractivity contribution in [1.82, 2.24) is 9.80 Å². The van der Waals surface area contributed by atoms with Crippen molar-refractivity contribution in [2.75, 3.05) is 39.3 Å². The Labute approximate surface area is 145 Å². The molecule has 1 unspecified atom stereocenters. The molecule has 1 fully saturated rings. The fourth-order valence-electron chi connectivity index (χ4n) is 2.92. The molecule has 0 spiro atoms. The lowest BCUT2D eigenvalue weighted by atomic mass is 10.1. The summed E-state index contributed by atoms with van der Waals surface area (Å²) in [7, 11) is 0. The summed E-state index contributed by atoms with van der Waals surface area (Å²) in [5, 5.41) is 10.0. The van der Waals surface area contributed by atoms with E-state index in [2.05, 4.69) is 4.90 Å². The lowest BCUT2D eigenvalue weighted by Crippen LogP contribution is -2.51. The molecule has 1 atom stereocenters. The molecule has 0 radical (unpaired) electrons. The molecule has 1 N–H and O–H groups in total. The van der Waals surface area contributed by atoms with Gasteiger partial charge in [0, 0.05) is 32.7 Å². The molecule has 1 amide bonds. The summed E-state index contributed by atoms with van der Waals surface area (Å²) in [6.45, 7) is 10.00. The Morgan fingerprint density at radius 2 is 1.88 bits per heavy atom. The van der Waals surface area contributed by atoms with Gasteiger partial charge in [0.05, 0.1) is 25.2 Å². The number of β-amino-alcohol motifs (C(OH)–C–C–N with tert-alkyl or cyclic N) is 1. The number of hydrogen-bond donors (Lipinski definition) is 1. The molecule has 5 heteroatoms. The predicted octanol–water partition coefficient (Wildman–Crippen LogP) is 1.47. The van der Waals surface area contributed by atoms with Crippen LogP contribution in [0.4, 0.5) is 0 Å². The Balaban J connectivity index is 1.74. The van der Waals surface area contributed by atoms with Gasteiger partial charge in [0.2, 0.25) is 5.91 Å². The summed E-state index contributed by atoms with van der Waals surface area (Å²) >= 11 is 0. The Morgan fingerprint density at radius 3 is 2.50 bits per heavy atom. The van der Waals surface area contributed by atoms with E-state index in [1.807, 2.05) is 49.9 Å². The lowest BCUT2D eigenvalue weighted by molar-refractivity contribution is -0.132. The van der Waals surface area contributed by atoms with Gasteiger partial charge in [0.15, 0.2) is 0 Å². The first-order valence-electron chi connectivity index (χ1n) is 8.80. The fourth-order valence-corrected chi connectivity index (χ4v) is 2.92. The number of benzene rings is 1. The van der Waals surface area contributed by atoms with Gasteiger partial charge in [-0.2, -0.15) is 0 Å². The molecule has 0 saturated carbocycles. The smallest absolute Gasteiger partial charge is 0.227 e. The quantitative estimate of drug-likeness (QED) is 0.820. The minimum Gasteiger partial charge on any atom is -0.389 e. The van der Waals surface area contributed by atoms with Gasteiger partial charge >= 0.3 is 0 Å². The van der Waals surface area contributed by atoms with Crippen molar-refractivity contribution >= 4 is 5.91 Å². The van der Waals surface area contributed by atoms with Crippen LogP contribution in [-0.2, 0) is 16.0 Å². The van der Waals surface area contributed by atoms with Crippen LogP contribution < -0.4 is 0 Å². The summed E-state index contributed by atoms with van der Waals surface area (Å²) in [4.78, 5) is 16.6. The van der Waals surface area contributed by atoms with E-state index in [-0.39, 0.29) is 12.0 Å². The van der Waals surface area contributed by atoms with Gasteiger partial charge < -0.3 is 14.7 Å². The Bertz CT molecular complexity index is 525. The molecule has 1 aliphatic rings. The van der Waals surface area contributed by atoms with Crippen LogP contribution >= 0.6 is 0 Å². The number of hydrogen-bond acceptors (Lipinski definition) is 4. The van der Waals surface area contributed by atoms with Crippen LogP contribution in [0.15, 0.2) is 24.3 Å². The van der Waals surface area contributed by atoms with Crippen LogP contribution in [0.1, 0.15) is 25.0 Å². The number of aryl methyl sites for hydroxylation is 1. The van der Waals surface area contributed by atoms with Crippen LogP contribution in [0.25, 0.3) is 0 Å². The highest BCUT2D eigenvalue weighted by atomic mass is 16.5. The number of ether oxygens (including phenoxy) is 1. The molecular formula is C19H30N2O3. The van der Waals surface area contributed by atoms with E-state index in [1.165, 1.54) is 0 Å². The van der Waals surface area contributed by atoms with Crippen molar-refractivity contribution < 1.29 is 14.6 Å². The van der Waals surface area contributed by atoms with Crippen molar-refractivity contribution in [3.8, 4) is 0 Å². The van der Waals surface area contributed by atoms with Crippen molar-refractivity contribution in [3.05, 3.63) is 35.4 Å². The van der Waals surface area contributed by atoms with E-state index >= 15 is 0 Å². The maximum atomic E-state index is 12.5. The third kappa shape index (κ3) is 5.89. The number of nitrogens with zero attached hydrogens (tertiary/aromatic N) is 2. The molecule has 1 saturated heterocycles. The van der Waals surface area contributed by atoms with Gasteiger partial charge in [0.1, 0.15) is 0 Å². The van der Waals surface area contributed by atoms with E-state index in [1.54, 1.807) is 0 Å². The van der Waals surface area contributed by atoms with Crippen molar-refractivity contribution in [2.24, 2.45) is 0 Å². The minimum absolute atomic E-state index is 0.135. The molecule has 1 aromatic carbocycles. The highest BCUT2D eigenvalue weighted by Crippen LogP contribution is 2.11. The molecule has 1 aliphatic heterocycles. The third-order valence-corrected chi connectivity index (χ3v) is 4.42. The molecule has 1 aromatic rings. The third-order valence-electron chi connectivity index (χ3n) is 4.42. The zero-order chi connectivity index (χ0) is 17.5. The monoisotopic (exact) mass is 334 g/mol. The maximum absolute atomic E-state index is 12.5. The molecule has 134 valence electrons. The van der Waals surface area contributed by atoms with E-state index in [0.717, 1.165) is 37.3 Å². The number of aliphatic hydroxyl groups is 1. The van der Waals surface area contributed by atoms with Gasteiger partial charge in [-0.05, 0) is 31.9 Å². The Kier molecular flexibility index (Phi) is 7.21. The van der Waals surface area contributed by atoms with Gasteiger partial charge in [-0.25, -0.2) is 0 Å². The predicted molar refractivity (Wildman–Crippen MR) is 95.0 cm³/mol. The van der Waals surface area contributed by atoms with Crippen molar-refractivity contribution in [2.45, 2.75) is 39.4 Å². The highest BCUT2D eigenvalue weighted by Gasteiger charge is 2.23. The zero-order valence-electron chi connectivity index (χ0n) is 15.1. The van der Waals surface area contributed by atoms with Crippen LogP contribution in [0.5, 0.6) is 0 Å². The fraction of sp³-hybridized carbons (Fsp3) is 0.632. The zero-order valence-corrected chi connectivity index (χ0v) is 15.1. The second-order valence-corrected chi connectivity index (χ2v) is 6.82. The molecule has 24 heavy (non-hydrogen) atoms. The Hall–Kier alpha value is -1.43. The minimum atomic E-state index is -0.471. The van der Waals surface area contributed by atoms with Gasteiger partial charge in [-0.3, -0.25) is 9.69 Å². The molecule has 5 nitrogen and oxygen atoms in total. The number of carbonyl (C=O) groups excluding carboxylic acids is 1. The highest BCUT2D eigenvalue weighted by molar-refractivity contribution is 5.79. The molecule has 1 heterocycles. The maximum Gasteiger partial charge on any atom is 0.227 e. The van der Waals surface area contributed by atoms with Gasteiger partial charge in [-0.15, -0.1) is 0 Å². The Morgan fingerprint density at radius 1 is 1.21 bits per heavy atom. The standard InChI is InChI=1S/C19H30N2O3/c1-15(2)24-14-18(22)13-20-8-10-21(11-9-20)19(23)12-17-7-5-4-6-16(17)3/h4-7,15,18,22H,8-14H2,1-3H3. The van der Waals surface area contributed by atoms with E-state index in [0.29, 0.717) is 19.6 Å². The van der Waals surface area contributed by atoms with Crippen molar-refractivity contribution in [1.29, 1.82) is 0 Å².